The molecule has 74 valence electrons. The summed E-state index contributed by atoms with van der Waals surface area (Å²) in [7, 11) is 0. The quantitative estimate of drug-likeness (QED) is 0.708. The van der Waals surface area contributed by atoms with Gasteiger partial charge in [0.1, 0.15) is 11.0 Å². The lowest BCUT2D eigenvalue weighted by molar-refractivity contribution is 0.158. The zero-order chi connectivity index (χ0) is 9.54. The van der Waals surface area contributed by atoms with Crippen molar-refractivity contribution in [2.24, 2.45) is 11.8 Å². The number of nitrogens with zero attached hydrogens (tertiary/aromatic N) is 3. The Balaban J connectivity index is 1.79. The van der Waals surface area contributed by atoms with Gasteiger partial charge in [0.05, 0.1) is 12.4 Å². The molecule has 1 saturated carbocycles. The number of anilines is 1. The van der Waals surface area contributed by atoms with Crippen molar-refractivity contribution in [1.29, 1.82) is 0 Å². The van der Waals surface area contributed by atoms with Crippen molar-refractivity contribution in [1.82, 2.24) is 9.97 Å². The van der Waals surface area contributed by atoms with E-state index in [1.54, 1.807) is 12.4 Å². The number of hydrogen-bond acceptors (Lipinski definition) is 3. The molecular weight excluding hydrogens is 198 g/mol. The molecule has 1 aliphatic carbocycles. The van der Waals surface area contributed by atoms with Crippen molar-refractivity contribution in [2.75, 3.05) is 18.0 Å². The highest BCUT2D eigenvalue weighted by atomic mass is 35.5. The largest absolute Gasteiger partial charge is 0.355 e. The summed E-state index contributed by atoms with van der Waals surface area (Å²) in [4.78, 5) is 10.7. The fourth-order valence-electron chi connectivity index (χ4n) is 2.53. The van der Waals surface area contributed by atoms with Crippen LogP contribution in [0, 0.1) is 11.8 Å². The molecule has 3 heterocycles. The number of hydrogen-bond donors (Lipinski definition) is 0. The van der Waals surface area contributed by atoms with Crippen molar-refractivity contribution >= 4 is 17.4 Å². The van der Waals surface area contributed by atoms with E-state index in [-0.39, 0.29) is 0 Å². The second kappa shape index (κ2) is 3.09. The molecule has 2 bridgehead atoms. The van der Waals surface area contributed by atoms with Crippen LogP contribution >= 0.6 is 11.6 Å². The first-order valence-corrected chi connectivity index (χ1v) is 5.41. The van der Waals surface area contributed by atoms with Crippen LogP contribution in [0.2, 0.25) is 5.15 Å². The van der Waals surface area contributed by atoms with Crippen molar-refractivity contribution in [3.05, 3.63) is 17.5 Å². The Morgan fingerprint density at radius 3 is 2.43 bits per heavy atom. The van der Waals surface area contributed by atoms with Gasteiger partial charge >= 0.3 is 0 Å². The average molecular weight is 210 g/mol. The fraction of sp³-hybridized carbons (Fsp3) is 0.600. The van der Waals surface area contributed by atoms with E-state index >= 15 is 0 Å². The van der Waals surface area contributed by atoms with Crippen molar-refractivity contribution < 1.29 is 0 Å². The number of halogens is 1. The van der Waals surface area contributed by atoms with E-state index in [9.17, 15) is 0 Å². The van der Waals surface area contributed by atoms with Gasteiger partial charge in [-0.3, -0.25) is 0 Å². The van der Waals surface area contributed by atoms with Crippen molar-refractivity contribution in [2.45, 2.75) is 12.8 Å². The molecule has 1 aromatic rings. The predicted molar refractivity (Wildman–Crippen MR) is 55.5 cm³/mol. The van der Waals surface area contributed by atoms with Crippen LogP contribution < -0.4 is 4.90 Å². The van der Waals surface area contributed by atoms with E-state index in [2.05, 4.69) is 14.9 Å². The molecule has 0 atom stereocenters. The van der Waals surface area contributed by atoms with Crippen LogP contribution in [0.4, 0.5) is 5.82 Å². The smallest absolute Gasteiger partial charge is 0.147 e. The first-order valence-electron chi connectivity index (χ1n) is 5.04. The van der Waals surface area contributed by atoms with Gasteiger partial charge in [0.2, 0.25) is 0 Å². The lowest BCUT2D eigenvalue weighted by Gasteiger charge is -2.47. The minimum absolute atomic E-state index is 0.468. The summed E-state index contributed by atoms with van der Waals surface area (Å²) in [5.74, 6) is 2.77. The zero-order valence-corrected chi connectivity index (χ0v) is 8.61. The maximum absolute atomic E-state index is 5.70. The first-order chi connectivity index (χ1) is 6.81. The predicted octanol–water partition coefficient (Wildman–Crippen LogP) is 1.98. The topological polar surface area (TPSA) is 29.0 Å². The lowest BCUT2D eigenvalue weighted by Crippen LogP contribution is -2.48. The van der Waals surface area contributed by atoms with E-state index in [0.717, 1.165) is 30.7 Å². The van der Waals surface area contributed by atoms with Gasteiger partial charge in [0.15, 0.2) is 0 Å². The third-order valence-corrected chi connectivity index (χ3v) is 3.42. The summed E-state index contributed by atoms with van der Waals surface area (Å²) in [5.41, 5.74) is 0. The standard InChI is InChI=1S/C10H12ClN3/c11-9-3-13-10(4-12-9)14-5-7-1-8(2-7)6-14/h3-4,7-8H,1-2,5-6H2. The fourth-order valence-corrected chi connectivity index (χ4v) is 2.62. The molecule has 3 fully saturated rings. The highest BCUT2D eigenvalue weighted by Crippen LogP contribution is 2.40. The molecule has 14 heavy (non-hydrogen) atoms. The summed E-state index contributed by atoms with van der Waals surface area (Å²) in [6, 6.07) is 0. The van der Waals surface area contributed by atoms with E-state index in [0.29, 0.717) is 5.15 Å². The monoisotopic (exact) mass is 209 g/mol. The maximum atomic E-state index is 5.70. The normalized spacial score (nSPS) is 29.9. The second-order valence-electron chi connectivity index (χ2n) is 4.31. The van der Waals surface area contributed by atoms with E-state index in [1.807, 2.05) is 0 Å². The Morgan fingerprint density at radius 1 is 1.14 bits per heavy atom. The van der Waals surface area contributed by atoms with Gasteiger partial charge in [-0.15, -0.1) is 0 Å². The minimum atomic E-state index is 0.468. The summed E-state index contributed by atoms with van der Waals surface area (Å²) >= 11 is 5.70. The Bertz CT molecular complexity index is 322. The summed E-state index contributed by atoms with van der Waals surface area (Å²) in [6.07, 6.45) is 6.22. The van der Waals surface area contributed by atoms with E-state index in [1.165, 1.54) is 12.8 Å². The van der Waals surface area contributed by atoms with Crippen molar-refractivity contribution in [3.63, 3.8) is 0 Å². The molecule has 4 rings (SSSR count). The third kappa shape index (κ3) is 1.36. The maximum Gasteiger partial charge on any atom is 0.147 e. The second-order valence-corrected chi connectivity index (χ2v) is 4.69. The number of aromatic nitrogens is 2. The number of fused-ring (bicyclic) bond motifs is 2. The van der Waals surface area contributed by atoms with Crippen molar-refractivity contribution in [3.8, 4) is 0 Å². The van der Waals surface area contributed by atoms with Crippen LogP contribution in [0.25, 0.3) is 0 Å². The van der Waals surface area contributed by atoms with Gasteiger partial charge < -0.3 is 4.90 Å². The molecule has 2 saturated heterocycles. The molecule has 4 heteroatoms. The molecular formula is C10H12ClN3. The van der Waals surface area contributed by atoms with Gasteiger partial charge in [-0.2, -0.15) is 0 Å². The molecule has 0 unspecified atom stereocenters. The first kappa shape index (κ1) is 8.48. The highest BCUT2D eigenvalue weighted by Gasteiger charge is 2.37. The zero-order valence-electron chi connectivity index (χ0n) is 7.86. The lowest BCUT2D eigenvalue weighted by atomic mass is 9.71. The van der Waals surface area contributed by atoms with Crippen LogP contribution in [0.15, 0.2) is 12.4 Å². The van der Waals surface area contributed by atoms with Gasteiger partial charge in [-0.05, 0) is 24.7 Å². The van der Waals surface area contributed by atoms with Crippen LogP contribution in [0.3, 0.4) is 0 Å². The molecule has 3 aliphatic rings. The number of piperidine rings is 2. The average Bonchev–Trinajstić information content (AvgIpc) is 2.18. The highest BCUT2D eigenvalue weighted by molar-refractivity contribution is 6.29. The third-order valence-electron chi connectivity index (χ3n) is 3.22. The summed E-state index contributed by atoms with van der Waals surface area (Å²) in [6.45, 7) is 2.29. The van der Waals surface area contributed by atoms with Gasteiger partial charge in [0, 0.05) is 13.1 Å². The molecule has 0 N–H and O–H groups in total. The Morgan fingerprint density at radius 2 is 1.86 bits per heavy atom. The van der Waals surface area contributed by atoms with Crippen LogP contribution in [0.1, 0.15) is 12.8 Å². The van der Waals surface area contributed by atoms with Crippen LogP contribution in [-0.2, 0) is 0 Å². The minimum Gasteiger partial charge on any atom is -0.355 e. The molecule has 0 spiro atoms. The molecule has 0 aromatic carbocycles. The Kier molecular flexibility index (Phi) is 1.87. The van der Waals surface area contributed by atoms with Gasteiger partial charge in [-0.25, -0.2) is 9.97 Å². The summed E-state index contributed by atoms with van der Waals surface area (Å²) < 4.78 is 0. The molecule has 2 aliphatic heterocycles. The molecule has 0 radical (unpaired) electrons. The molecule has 3 nitrogen and oxygen atoms in total. The van der Waals surface area contributed by atoms with Crippen LogP contribution in [-0.4, -0.2) is 23.1 Å². The van der Waals surface area contributed by atoms with Gasteiger partial charge in [0.25, 0.3) is 0 Å². The Hall–Kier alpha value is -0.830. The van der Waals surface area contributed by atoms with E-state index in [4.69, 9.17) is 11.6 Å². The number of rotatable bonds is 1. The molecule has 1 aromatic heterocycles. The molecule has 0 amide bonds. The Labute approximate surface area is 88.1 Å². The van der Waals surface area contributed by atoms with E-state index < -0.39 is 0 Å². The SMILES string of the molecule is Clc1cnc(N2CC3CC(C3)C2)cn1. The van der Waals surface area contributed by atoms with Gasteiger partial charge in [-0.1, -0.05) is 11.6 Å². The summed E-state index contributed by atoms with van der Waals surface area (Å²) in [5, 5.41) is 0.468. The van der Waals surface area contributed by atoms with Crippen LogP contribution in [0.5, 0.6) is 0 Å².